The second-order valence-electron chi connectivity index (χ2n) is 1.87. The first-order valence-electron chi connectivity index (χ1n) is 2.91. The van der Waals surface area contributed by atoms with Crippen molar-refractivity contribution in [2.75, 3.05) is 0 Å². The molecule has 0 saturated heterocycles. The van der Waals surface area contributed by atoms with Crippen molar-refractivity contribution in [3.63, 3.8) is 0 Å². The van der Waals surface area contributed by atoms with Gasteiger partial charge in [0.1, 0.15) is 0 Å². The maximum Gasteiger partial charge on any atom is 0.0701 e. The minimum absolute atomic E-state index is 0.296. The third-order valence-electron chi connectivity index (χ3n) is 0.970. The highest BCUT2D eigenvalue weighted by molar-refractivity contribution is 4.52. The summed E-state index contributed by atoms with van der Waals surface area (Å²) in [6, 6.07) is 0.296. The average Bonchev–Trinajstić information content (AvgIpc) is 1.68. The highest BCUT2D eigenvalue weighted by atomic mass is 15.3. The van der Waals surface area contributed by atoms with Gasteiger partial charge >= 0.3 is 0 Å². The minimum atomic E-state index is 0.296. The summed E-state index contributed by atoms with van der Waals surface area (Å²) in [7, 11) is 0. The standard InChI is InChI=1S/C5H13N3/c1-3-4-5(2)7-8-6/h5H,3-4H2,1-2H3,(H2,6,7)/t5-/m1/s1. The summed E-state index contributed by atoms with van der Waals surface area (Å²) >= 11 is 0. The van der Waals surface area contributed by atoms with Crippen molar-refractivity contribution in [2.24, 2.45) is 16.2 Å². The lowest BCUT2D eigenvalue weighted by Crippen LogP contribution is -1.95. The van der Waals surface area contributed by atoms with E-state index in [-0.39, 0.29) is 0 Å². The molecule has 3 heteroatoms. The molecule has 1 atom stereocenters. The molecule has 0 heterocycles. The molecule has 0 rings (SSSR count). The van der Waals surface area contributed by atoms with E-state index in [4.69, 9.17) is 5.84 Å². The summed E-state index contributed by atoms with van der Waals surface area (Å²) in [5.41, 5.74) is 0. The van der Waals surface area contributed by atoms with Crippen LogP contribution in [-0.2, 0) is 0 Å². The Morgan fingerprint density at radius 1 is 1.62 bits per heavy atom. The molecule has 48 valence electrons. The monoisotopic (exact) mass is 115 g/mol. The fourth-order valence-corrected chi connectivity index (χ4v) is 0.589. The van der Waals surface area contributed by atoms with Gasteiger partial charge < -0.3 is 5.84 Å². The minimum Gasteiger partial charge on any atom is -0.305 e. The van der Waals surface area contributed by atoms with E-state index < -0.39 is 0 Å². The first-order valence-corrected chi connectivity index (χ1v) is 2.91. The van der Waals surface area contributed by atoms with Gasteiger partial charge in [0.15, 0.2) is 0 Å². The van der Waals surface area contributed by atoms with E-state index in [2.05, 4.69) is 17.3 Å². The molecule has 0 aromatic heterocycles. The Hall–Kier alpha value is -0.600. The molecule has 2 N–H and O–H groups in total. The molecular weight excluding hydrogens is 102 g/mol. The van der Waals surface area contributed by atoms with Crippen molar-refractivity contribution in [1.29, 1.82) is 0 Å². The van der Waals surface area contributed by atoms with Gasteiger partial charge in [-0.25, -0.2) is 0 Å². The molecule has 0 aromatic rings. The lowest BCUT2D eigenvalue weighted by atomic mass is 10.2. The van der Waals surface area contributed by atoms with Gasteiger partial charge in [0, 0.05) is 0 Å². The molecule has 0 aliphatic rings. The van der Waals surface area contributed by atoms with Gasteiger partial charge in [-0.1, -0.05) is 18.6 Å². The molecule has 0 aromatic carbocycles. The Morgan fingerprint density at radius 2 is 2.25 bits per heavy atom. The number of nitrogens with zero attached hydrogens (tertiary/aromatic N) is 2. The summed E-state index contributed by atoms with van der Waals surface area (Å²) in [5, 5.41) is 6.90. The molecule has 0 aliphatic heterocycles. The Balaban J connectivity index is 3.17. The SMILES string of the molecule is CCC[C@@H](C)N=NN. The van der Waals surface area contributed by atoms with Crippen LogP contribution in [0.1, 0.15) is 26.7 Å². The van der Waals surface area contributed by atoms with Crippen molar-refractivity contribution in [2.45, 2.75) is 32.7 Å². The summed E-state index contributed by atoms with van der Waals surface area (Å²) in [6.07, 6.45) is 2.21. The van der Waals surface area contributed by atoms with E-state index in [0.717, 1.165) is 12.8 Å². The Morgan fingerprint density at radius 3 is 2.62 bits per heavy atom. The predicted octanol–water partition coefficient (Wildman–Crippen LogP) is 1.50. The molecule has 0 aliphatic carbocycles. The highest BCUT2D eigenvalue weighted by Gasteiger charge is 1.93. The van der Waals surface area contributed by atoms with Crippen LogP contribution in [0.25, 0.3) is 0 Å². The van der Waals surface area contributed by atoms with E-state index in [1.54, 1.807) is 0 Å². The van der Waals surface area contributed by atoms with Gasteiger partial charge in [-0.3, -0.25) is 0 Å². The fourth-order valence-electron chi connectivity index (χ4n) is 0.589. The molecule has 0 spiro atoms. The first kappa shape index (κ1) is 7.40. The molecular formula is C5H13N3. The molecule has 3 nitrogen and oxygen atoms in total. The topological polar surface area (TPSA) is 50.7 Å². The zero-order chi connectivity index (χ0) is 6.41. The Bertz CT molecular complexity index is 70.1. The van der Waals surface area contributed by atoms with Crippen LogP contribution in [-0.4, -0.2) is 6.04 Å². The van der Waals surface area contributed by atoms with Crippen molar-refractivity contribution < 1.29 is 0 Å². The van der Waals surface area contributed by atoms with Gasteiger partial charge in [0.2, 0.25) is 0 Å². The van der Waals surface area contributed by atoms with Gasteiger partial charge in [0.25, 0.3) is 0 Å². The number of hydrogen-bond acceptors (Lipinski definition) is 2. The van der Waals surface area contributed by atoms with Crippen molar-refractivity contribution >= 4 is 0 Å². The van der Waals surface area contributed by atoms with Crippen LogP contribution < -0.4 is 5.84 Å². The highest BCUT2D eigenvalue weighted by Crippen LogP contribution is 1.98. The van der Waals surface area contributed by atoms with Crippen LogP contribution in [0.4, 0.5) is 0 Å². The van der Waals surface area contributed by atoms with Crippen LogP contribution in [0.2, 0.25) is 0 Å². The normalized spacial score (nSPS) is 14.8. The molecule has 0 amide bonds. The van der Waals surface area contributed by atoms with E-state index in [9.17, 15) is 0 Å². The zero-order valence-corrected chi connectivity index (χ0v) is 5.46. The second kappa shape index (κ2) is 4.56. The summed E-state index contributed by atoms with van der Waals surface area (Å²) in [6.45, 7) is 4.11. The number of rotatable bonds is 3. The van der Waals surface area contributed by atoms with Gasteiger partial charge in [-0.15, -0.1) is 0 Å². The van der Waals surface area contributed by atoms with Crippen LogP contribution in [0, 0.1) is 0 Å². The van der Waals surface area contributed by atoms with Crippen molar-refractivity contribution in [1.82, 2.24) is 0 Å². The lowest BCUT2D eigenvalue weighted by Gasteiger charge is -1.97. The summed E-state index contributed by atoms with van der Waals surface area (Å²) < 4.78 is 0. The third kappa shape index (κ3) is 3.59. The van der Waals surface area contributed by atoms with Gasteiger partial charge in [0.05, 0.1) is 6.04 Å². The summed E-state index contributed by atoms with van der Waals surface area (Å²) in [5.74, 6) is 4.82. The van der Waals surface area contributed by atoms with E-state index in [1.807, 2.05) is 6.92 Å². The van der Waals surface area contributed by atoms with Crippen LogP contribution in [0.3, 0.4) is 0 Å². The Labute approximate surface area is 50.0 Å². The molecule has 0 fully saturated rings. The zero-order valence-electron chi connectivity index (χ0n) is 5.46. The molecule has 0 saturated carbocycles. The fraction of sp³-hybridized carbons (Fsp3) is 1.00. The van der Waals surface area contributed by atoms with Gasteiger partial charge in [-0.2, -0.15) is 5.11 Å². The number of hydrogen-bond donors (Lipinski definition) is 1. The van der Waals surface area contributed by atoms with Crippen molar-refractivity contribution in [3.05, 3.63) is 0 Å². The van der Waals surface area contributed by atoms with Gasteiger partial charge in [-0.05, 0) is 13.3 Å². The van der Waals surface area contributed by atoms with E-state index in [1.165, 1.54) is 0 Å². The first-order chi connectivity index (χ1) is 3.81. The smallest absolute Gasteiger partial charge is 0.0701 e. The van der Waals surface area contributed by atoms with E-state index >= 15 is 0 Å². The predicted molar refractivity (Wildman–Crippen MR) is 33.4 cm³/mol. The molecule has 8 heavy (non-hydrogen) atoms. The second-order valence-corrected chi connectivity index (χ2v) is 1.87. The van der Waals surface area contributed by atoms with Crippen LogP contribution in [0.15, 0.2) is 10.3 Å². The largest absolute Gasteiger partial charge is 0.305 e. The quantitative estimate of drug-likeness (QED) is 0.338. The Kier molecular flexibility index (Phi) is 4.21. The molecule has 0 bridgehead atoms. The average molecular weight is 115 g/mol. The summed E-state index contributed by atoms with van der Waals surface area (Å²) in [4.78, 5) is 0. The maximum atomic E-state index is 4.82. The lowest BCUT2D eigenvalue weighted by molar-refractivity contribution is 0.617. The van der Waals surface area contributed by atoms with Crippen molar-refractivity contribution in [3.8, 4) is 0 Å². The molecule has 0 unspecified atom stereocenters. The molecule has 0 radical (unpaired) electrons. The van der Waals surface area contributed by atoms with E-state index in [0.29, 0.717) is 6.04 Å². The third-order valence-corrected chi connectivity index (χ3v) is 0.970. The number of nitrogens with two attached hydrogens (primary N) is 1. The maximum absolute atomic E-state index is 4.82. The van der Waals surface area contributed by atoms with Crippen LogP contribution in [0.5, 0.6) is 0 Å². The van der Waals surface area contributed by atoms with Crippen LogP contribution >= 0.6 is 0 Å².